The minimum absolute atomic E-state index is 0.0256. The van der Waals surface area contributed by atoms with Crippen LogP contribution in [0.15, 0.2) is 4.79 Å². The van der Waals surface area contributed by atoms with Crippen LogP contribution in [-0.2, 0) is 13.0 Å². The summed E-state index contributed by atoms with van der Waals surface area (Å²) in [5, 5.41) is 3.73. The molecule has 1 amide bonds. The molecule has 1 unspecified atom stereocenters. The van der Waals surface area contributed by atoms with Crippen LogP contribution in [0.2, 0.25) is 0 Å². The van der Waals surface area contributed by atoms with E-state index >= 15 is 0 Å². The van der Waals surface area contributed by atoms with E-state index in [0.717, 1.165) is 63.1 Å². The number of rotatable bonds is 4. The summed E-state index contributed by atoms with van der Waals surface area (Å²) < 4.78 is 1.83. The van der Waals surface area contributed by atoms with Gasteiger partial charge in [-0.25, -0.2) is 4.98 Å². The van der Waals surface area contributed by atoms with Crippen molar-refractivity contribution in [1.29, 1.82) is 0 Å². The summed E-state index contributed by atoms with van der Waals surface area (Å²) in [7, 11) is 0. The maximum atomic E-state index is 13.0. The molecule has 4 heterocycles. The van der Waals surface area contributed by atoms with Crippen LogP contribution in [0.4, 0.5) is 0 Å². The van der Waals surface area contributed by atoms with Gasteiger partial charge in [0.1, 0.15) is 10.7 Å². The summed E-state index contributed by atoms with van der Waals surface area (Å²) in [4.78, 5) is 34.4. The number of nitrogens with zero attached hydrogens (tertiary/aromatic N) is 3. The standard InChI is InChI=1S/C20H28N4O2S/c1-3-23-10-7-8-14(23)12-21-18(25)17-13(2)16-19(27-17)22-15-9-5-4-6-11-24(15)20(16)26/h14H,3-12H2,1-2H3,(H,21,25). The second-order valence-corrected chi connectivity index (χ2v) is 8.67. The average molecular weight is 389 g/mol. The van der Waals surface area contributed by atoms with Crippen molar-refractivity contribution in [2.24, 2.45) is 0 Å². The van der Waals surface area contributed by atoms with E-state index in [-0.39, 0.29) is 11.5 Å². The molecule has 27 heavy (non-hydrogen) atoms. The smallest absolute Gasteiger partial charge is 0.262 e. The van der Waals surface area contributed by atoms with Gasteiger partial charge in [0.2, 0.25) is 0 Å². The van der Waals surface area contributed by atoms with E-state index in [0.29, 0.717) is 27.7 Å². The Hall–Kier alpha value is -1.73. The van der Waals surface area contributed by atoms with Gasteiger partial charge in [-0.3, -0.25) is 19.1 Å². The normalized spacial score (nSPS) is 20.6. The molecule has 0 radical (unpaired) electrons. The third kappa shape index (κ3) is 3.43. The maximum absolute atomic E-state index is 13.0. The van der Waals surface area contributed by atoms with Crippen molar-refractivity contribution < 1.29 is 4.79 Å². The van der Waals surface area contributed by atoms with E-state index in [2.05, 4.69) is 17.1 Å². The average Bonchev–Trinajstić information content (AvgIpc) is 3.16. The number of aromatic nitrogens is 2. The summed E-state index contributed by atoms with van der Waals surface area (Å²) in [5.41, 5.74) is 0.806. The van der Waals surface area contributed by atoms with E-state index in [1.807, 2.05) is 11.5 Å². The molecule has 7 heteroatoms. The second kappa shape index (κ2) is 7.72. The van der Waals surface area contributed by atoms with Gasteiger partial charge in [-0.2, -0.15) is 0 Å². The van der Waals surface area contributed by atoms with Crippen LogP contribution >= 0.6 is 11.3 Å². The number of hydrogen-bond donors (Lipinski definition) is 1. The molecule has 0 spiro atoms. The maximum Gasteiger partial charge on any atom is 0.262 e. The molecule has 0 aromatic carbocycles. The van der Waals surface area contributed by atoms with Gasteiger partial charge in [-0.1, -0.05) is 13.3 Å². The highest BCUT2D eigenvalue weighted by molar-refractivity contribution is 7.20. The third-order valence-corrected chi connectivity index (χ3v) is 7.21. The largest absolute Gasteiger partial charge is 0.350 e. The SMILES string of the molecule is CCN1CCCC1CNC(=O)c1sc2nc3n(c(=O)c2c1C)CCCCC3. The Morgan fingerprint density at radius 3 is 2.93 bits per heavy atom. The van der Waals surface area contributed by atoms with Gasteiger partial charge in [-0.15, -0.1) is 11.3 Å². The predicted molar refractivity (Wildman–Crippen MR) is 109 cm³/mol. The zero-order valence-corrected chi connectivity index (χ0v) is 17.0. The van der Waals surface area contributed by atoms with Crippen LogP contribution in [0.25, 0.3) is 10.2 Å². The molecule has 2 aromatic rings. The molecule has 1 saturated heterocycles. The molecule has 6 nitrogen and oxygen atoms in total. The van der Waals surface area contributed by atoms with E-state index in [9.17, 15) is 9.59 Å². The lowest BCUT2D eigenvalue weighted by Gasteiger charge is -2.22. The molecule has 2 aliphatic rings. The van der Waals surface area contributed by atoms with Gasteiger partial charge in [0.15, 0.2) is 0 Å². The molecule has 2 aromatic heterocycles. The Morgan fingerprint density at radius 2 is 2.11 bits per heavy atom. The van der Waals surface area contributed by atoms with Gasteiger partial charge in [0, 0.05) is 25.6 Å². The molecule has 0 saturated carbocycles. The number of nitrogens with one attached hydrogen (secondary N) is 1. The first-order valence-electron chi connectivity index (χ1n) is 10.1. The lowest BCUT2D eigenvalue weighted by atomic mass is 10.2. The summed E-state index contributed by atoms with van der Waals surface area (Å²) >= 11 is 1.36. The van der Waals surface area contributed by atoms with E-state index in [1.165, 1.54) is 17.8 Å². The van der Waals surface area contributed by atoms with Crippen LogP contribution in [0.1, 0.15) is 60.1 Å². The fourth-order valence-corrected chi connectivity index (χ4v) is 5.57. The second-order valence-electron chi connectivity index (χ2n) is 7.67. The molecule has 1 atom stereocenters. The number of hydrogen-bond acceptors (Lipinski definition) is 5. The Labute approximate surface area is 163 Å². The molecular weight excluding hydrogens is 360 g/mol. The number of amides is 1. The number of fused-ring (bicyclic) bond motifs is 2. The van der Waals surface area contributed by atoms with Crippen molar-refractivity contribution in [2.45, 2.75) is 65.0 Å². The molecule has 4 rings (SSSR count). The molecule has 146 valence electrons. The van der Waals surface area contributed by atoms with Crippen molar-refractivity contribution in [1.82, 2.24) is 19.8 Å². The molecule has 1 fully saturated rings. The lowest BCUT2D eigenvalue weighted by molar-refractivity contribution is 0.0945. The minimum atomic E-state index is -0.0713. The van der Waals surface area contributed by atoms with Crippen LogP contribution in [0, 0.1) is 6.92 Å². The molecular formula is C20H28N4O2S. The van der Waals surface area contributed by atoms with Crippen molar-refractivity contribution in [2.75, 3.05) is 19.6 Å². The monoisotopic (exact) mass is 388 g/mol. The summed E-state index contributed by atoms with van der Waals surface area (Å²) in [6.45, 7) is 7.60. The quantitative estimate of drug-likeness (QED) is 0.875. The number of thiophene rings is 1. The molecule has 2 aliphatic heterocycles. The van der Waals surface area contributed by atoms with Gasteiger partial charge >= 0.3 is 0 Å². The topological polar surface area (TPSA) is 67.2 Å². The number of aryl methyl sites for hydroxylation is 2. The third-order valence-electron chi connectivity index (χ3n) is 6.02. The van der Waals surface area contributed by atoms with Crippen LogP contribution < -0.4 is 10.9 Å². The highest BCUT2D eigenvalue weighted by Crippen LogP contribution is 2.28. The van der Waals surface area contributed by atoms with Crippen molar-refractivity contribution >= 4 is 27.5 Å². The molecule has 0 bridgehead atoms. The zero-order valence-electron chi connectivity index (χ0n) is 16.2. The van der Waals surface area contributed by atoms with Gasteiger partial charge in [0.05, 0.1) is 10.3 Å². The Kier molecular flexibility index (Phi) is 5.32. The van der Waals surface area contributed by atoms with Gasteiger partial charge in [-0.05, 0) is 51.3 Å². The molecule has 1 N–H and O–H groups in total. The summed E-state index contributed by atoms with van der Waals surface area (Å²) in [5.74, 6) is 0.806. The van der Waals surface area contributed by atoms with Crippen molar-refractivity contribution in [3.05, 3.63) is 26.6 Å². The number of likely N-dealkylation sites (N-methyl/N-ethyl adjacent to an activating group) is 1. The predicted octanol–water partition coefficient (Wildman–Crippen LogP) is 2.71. The van der Waals surface area contributed by atoms with Gasteiger partial charge in [0.25, 0.3) is 11.5 Å². The van der Waals surface area contributed by atoms with Crippen LogP contribution in [0.3, 0.4) is 0 Å². The van der Waals surface area contributed by atoms with E-state index in [1.54, 1.807) is 0 Å². The summed E-state index contributed by atoms with van der Waals surface area (Å²) in [6.07, 6.45) is 6.41. The van der Waals surface area contributed by atoms with Gasteiger partial charge < -0.3 is 5.32 Å². The first-order chi connectivity index (χ1) is 13.1. The Bertz CT molecular complexity index is 917. The Balaban J connectivity index is 1.61. The van der Waals surface area contributed by atoms with E-state index in [4.69, 9.17) is 4.98 Å². The zero-order chi connectivity index (χ0) is 19.0. The minimum Gasteiger partial charge on any atom is -0.350 e. The van der Waals surface area contributed by atoms with Crippen LogP contribution in [0.5, 0.6) is 0 Å². The fourth-order valence-electron chi connectivity index (χ4n) is 4.46. The number of carbonyl (C=O) groups is 1. The first kappa shape index (κ1) is 18.6. The first-order valence-corrected chi connectivity index (χ1v) is 11.0. The highest BCUT2D eigenvalue weighted by Gasteiger charge is 2.25. The molecule has 0 aliphatic carbocycles. The van der Waals surface area contributed by atoms with Crippen LogP contribution in [-0.4, -0.2) is 46.0 Å². The number of carbonyl (C=O) groups excluding carboxylic acids is 1. The fraction of sp³-hybridized carbons (Fsp3) is 0.650. The highest BCUT2D eigenvalue weighted by atomic mass is 32.1. The lowest BCUT2D eigenvalue weighted by Crippen LogP contribution is -2.40. The Morgan fingerprint density at radius 1 is 1.26 bits per heavy atom. The summed E-state index contributed by atoms with van der Waals surface area (Å²) in [6, 6.07) is 0.424. The van der Waals surface area contributed by atoms with E-state index < -0.39 is 0 Å². The van der Waals surface area contributed by atoms with Crippen molar-refractivity contribution in [3.8, 4) is 0 Å². The van der Waals surface area contributed by atoms with Crippen molar-refractivity contribution in [3.63, 3.8) is 0 Å². The number of likely N-dealkylation sites (tertiary alicyclic amines) is 1.